The van der Waals surface area contributed by atoms with Gasteiger partial charge in [-0.3, -0.25) is 4.79 Å². The van der Waals surface area contributed by atoms with Crippen molar-refractivity contribution in [3.8, 4) is 5.75 Å². The van der Waals surface area contributed by atoms with Crippen molar-refractivity contribution in [2.24, 2.45) is 0 Å². The average molecular weight is 328 g/mol. The molecule has 1 aromatic carbocycles. The highest BCUT2D eigenvalue weighted by Gasteiger charge is 2.22. The van der Waals surface area contributed by atoms with Crippen LogP contribution < -0.4 is 5.32 Å². The number of phenols is 1. The van der Waals surface area contributed by atoms with Crippen molar-refractivity contribution in [3.05, 3.63) is 40.9 Å². The Labute approximate surface area is 119 Å². The molecule has 0 aliphatic heterocycles. The van der Waals surface area contributed by atoms with Crippen LogP contribution in [-0.2, 0) is 9.53 Å². The van der Waals surface area contributed by atoms with E-state index >= 15 is 0 Å². The van der Waals surface area contributed by atoms with E-state index in [0.717, 1.165) is 0 Å². The van der Waals surface area contributed by atoms with Crippen molar-refractivity contribution in [2.45, 2.75) is 12.5 Å². The van der Waals surface area contributed by atoms with Crippen molar-refractivity contribution < 1.29 is 19.4 Å². The maximum atomic E-state index is 11.9. The molecule has 102 valence electrons. The summed E-state index contributed by atoms with van der Waals surface area (Å²) in [5.41, 5.74) is 0.340. The molecule has 0 spiro atoms. The molecule has 0 unspecified atom stereocenters. The number of methoxy groups -OCH3 is 1. The summed E-state index contributed by atoms with van der Waals surface area (Å²) in [7, 11) is 1.25. The maximum absolute atomic E-state index is 11.9. The number of esters is 1. The lowest BCUT2D eigenvalue weighted by molar-refractivity contribution is -0.142. The van der Waals surface area contributed by atoms with Crippen LogP contribution in [0.4, 0.5) is 0 Å². The highest BCUT2D eigenvalue weighted by Crippen LogP contribution is 2.13. The Morgan fingerprint density at radius 3 is 2.47 bits per heavy atom. The Kier molecular flexibility index (Phi) is 5.57. The maximum Gasteiger partial charge on any atom is 0.328 e. The van der Waals surface area contributed by atoms with Crippen LogP contribution in [0.15, 0.2) is 35.3 Å². The van der Waals surface area contributed by atoms with Gasteiger partial charge in [0.15, 0.2) is 0 Å². The van der Waals surface area contributed by atoms with Crippen LogP contribution in [0.1, 0.15) is 16.8 Å². The molecule has 0 aliphatic rings. The topological polar surface area (TPSA) is 75.6 Å². The molecular weight excluding hydrogens is 314 g/mol. The third-order valence-electron chi connectivity index (χ3n) is 2.35. The molecule has 2 N–H and O–H groups in total. The average Bonchev–Trinajstić information content (AvgIpc) is 2.37. The number of aromatic hydroxyl groups is 1. The zero-order chi connectivity index (χ0) is 14.4. The van der Waals surface area contributed by atoms with Gasteiger partial charge in [-0.15, -0.1) is 0 Å². The summed E-state index contributed by atoms with van der Waals surface area (Å²) in [5, 5.41) is 11.7. The van der Waals surface area contributed by atoms with E-state index < -0.39 is 17.9 Å². The number of benzene rings is 1. The van der Waals surface area contributed by atoms with Crippen LogP contribution >= 0.6 is 15.9 Å². The molecule has 0 heterocycles. The normalized spacial score (nSPS) is 11.5. The second-order valence-corrected chi connectivity index (χ2v) is 4.94. The number of hydrogen-bond donors (Lipinski definition) is 2. The SMILES string of the molecule is C=C(Br)C[C@H](NC(=O)c1ccc(O)cc1)C(=O)OC. The molecule has 0 saturated carbocycles. The Morgan fingerprint density at radius 2 is 2.00 bits per heavy atom. The van der Waals surface area contributed by atoms with E-state index in [1.807, 2.05) is 0 Å². The van der Waals surface area contributed by atoms with Gasteiger partial charge in [0.1, 0.15) is 11.8 Å². The van der Waals surface area contributed by atoms with Gasteiger partial charge >= 0.3 is 5.97 Å². The van der Waals surface area contributed by atoms with E-state index in [2.05, 4.69) is 32.6 Å². The number of nitrogens with one attached hydrogen (secondary N) is 1. The Bertz CT molecular complexity index is 484. The fourth-order valence-electron chi connectivity index (χ4n) is 1.41. The van der Waals surface area contributed by atoms with Crippen molar-refractivity contribution in [3.63, 3.8) is 0 Å². The molecule has 1 rings (SSSR count). The molecule has 5 nitrogen and oxygen atoms in total. The van der Waals surface area contributed by atoms with Gasteiger partial charge < -0.3 is 15.2 Å². The van der Waals surface area contributed by atoms with Crippen molar-refractivity contribution in [1.29, 1.82) is 0 Å². The van der Waals surface area contributed by atoms with Gasteiger partial charge in [-0.2, -0.15) is 0 Å². The van der Waals surface area contributed by atoms with E-state index in [-0.39, 0.29) is 12.2 Å². The molecule has 1 atom stereocenters. The second-order valence-electron chi connectivity index (χ2n) is 3.82. The minimum absolute atomic E-state index is 0.0647. The van der Waals surface area contributed by atoms with Crippen LogP contribution in [-0.4, -0.2) is 30.1 Å². The largest absolute Gasteiger partial charge is 0.508 e. The summed E-state index contributed by atoms with van der Waals surface area (Å²) in [6.45, 7) is 3.63. The fourth-order valence-corrected chi connectivity index (χ4v) is 1.74. The summed E-state index contributed by atoms with van der Waals surface area (Å²) in [6, 6.07) is 4.90. The van der Waals surface area contributed by atoms with Crippen molar-refractivity contribution in [2.75, 3.05) is 7.11 Å². The van der Waals surface area contributed by atoms with Gasteiger partial charge in [0, 0.05) is 12.0 Å². The fraction of sp³-hybridized carbons (Fsp3) is 0.231. The molecule has 1 amide bonds. The number of halogens is 1. The first-order valence-electron chi connectivity index (χ1n) is 5.45. The lowest BCUT2D eigenvalue weighted by Gasteiger charge is -2.16. The number of phenolic OH excluding ortho intramolecular Hbond substituents is 1. The third-order valence-corrected chi connectivity index (χ3v) is 2.67. The molecule has 6 heteroatoms. The van der Waals surface area contributed by atoms with Crippen LogP contribution in [0.5, 0.6) is 5.75 Å². The van der Waals surface area contributed by atoms with Gasteiger partial charge in [-0.05, 0) is 28.7 Å². The molecule has 0 bridgehead atoms. The van der Waals surface area contributed by atoms with Crippen molar-refractivity contribution in [1.82, 2.24) is 5.32 Å². The smallest absolute Gasteiger partial charge is 0.328 e. The number of ether oxygens (including phenoxy) is 1. The lowest BCUT2D eigenvalue weighted by Crippen LogP contribution is -2.41. The van der Waals surface area contributed by atoms with Gasteiger partial charge in [-0.25, -0.2) is 4.79 Å². The zero-order valence-corrected chi connectivity index (χ0v) is 11.9. The summed E-state index contributed by atoms with van der Waals surface area (Å²) in [4.78, 5) is 23.5. The van der Waals surface area contributed by atoms with E-state index in [1.165, 1.54) is 31.4 Å². The van der Waals surface area contributed by atoms with Crippen LogP contribution in [0.25, 0.3) is 0 Å². The minimum atomic E-state index is -0.807. The number of hydrogen-bond acceptors (Lipinski definition) is 4. The molecule has 0 aliphatic carbocycles. The highest BCUT2D eigenvalue weighted by atomic mass is 79.9. The van der Waals surface area contributed by atoms with Gasteiger partial charge in [0.2, 0.25) is 0 Å². The summed E-state index contributed by atoms with van der Waals surface area (Å²) in [5.74, 6) is -0.910. The lowest BCUT2D eigenvalue weighted by atomic mass is 10.1. The van der Waals surface area contributed by atoms with E-state index in [1.54, 1.807) is 0 Å². The molecule has 0 aromatic heterocycles. The number of amides is 1. The van der Waals surface area contributed by atoms with E-state index in [0.29, 0.717) is 10.0 Å². The third kappa shape index (κ3) is 4.75. The summed E-state index contributed by atoms with van der Waals surface area (Å²) >= 11 is 3.14. The minimum Gasteiger partial charge on any atom is -0.508 e. The van der Waals surface area contributed by atoms with Crippen molar-refractivity contribution >= 4 is 27.8 Å². The Balaban J connectivity index is 2.78. The van der Waals surface area contributed by atoms with E-state index in [4.69, 9.17) is 5.11 Å². The quantitative estimate of drug-likeness (QED) is 0.810. The molecule has 1 aromatic rings. The van der Waals surface area contributed by atoms with Gasteiger partial charge in [0.05, 0.1) is 7.11 Å². The first kappa shape index (κ1) is 15.2. The summed E-state index contributed by atoms with van der Waals surface area (Å²) in [6.07, 6.45) is 0.233. The van der Waals surface area contributed by atoms with Gasteiger partial charge in [0.25, 0.3) is 5.91 Å². The molecule has 0 fully saturated rings. The van der Waals surface area contributed by atoms with E-state index in [9.17, 15) is 9.59 Å². The second kappa shape index (κ2) is 6.94. The first-order valence-corrected chi connectivity index (χ1v) is 6.24. The number of carbonyl (C=O) groups excluding carboxylic acids is 2. The highest BCUT2D eigenvalue weighted by molar-refractivity contribution is 9.11. The van der Waals surface area contributed by atoms with Crippen LogP contribution in [0, 0.1) is 0 Å². The predicted molar refractivity (Wildman–Crippen MR) is 74.1 cm³/mol. The predicted octanol–water partition coefficient (Wildman–Crippen LogP) is 1.96. The molecular formula is C13H14BrNO4. The van der Waals surface area contributed by atoms with Crippen LogP contribution in [0.2, 0.25) is 0 Å². The summed E-state index contributed by atoms with van der Waals surface area (Å²) < 4.78 is 5.19. The Hall–Kier alpha value is -1.82. The molecule has 19 heavy (non-hydrogen) atoms. The zero-order valence-electron chi connectivity index (χ0n) is 10.4. The number of rotatable bonds is 5. The first-order chi connectivity index (χ1) is 8.93. The Morgan fingerprint density at radius 1 is 1.42 bits per heavy atom. The standard InChI is InChI=1S/C13H14BrNO4/c1-8(14)7-11(13(18)19-2)15-12(17)9-3-5-10(16)6-4-9/h3-6,11,16H,1,7H2,2H3,(H,15,17)/t11-/m0/s1. The molecule has 0 radical (unpaired) electrons. The molecule has 0 saturated heterocycles. The van der Waals surface area contributed by atoms with Gasteiger partial charge in [-0.1, -0.05) is 22.5 Å². The number of carbonyl (C=O) groups is 2. The monoisotopic (exact) mass is 327 g/mol. The van der Waals surface area contributed by atoms with Crippen LogP contribution in [0.3, 0.4) is 0 Å².